The lowest BCUT2D eigenvalue weighted by Gasteiger charge is -2.15. The number of hydrogen-bond donors (Lipinski definition) is 2. The summed E-state index contributed by atoms with van der Waals surface area (Å²) in [6.45, 7) is -0.402. The fraction of sp³-hybridized carbons (Fsp3) is 0.133. The molecule has 4 nitrogen and oxygen atoms in total. The molecule has 0 aliphatic heterocycles. The molecule has 0 spiro atoms. The summed E-state index contributed by atoms with van der Waals surface area (Å²) in [5, 5.41) is 10.2. The molecule has 116 valence electrons. The largest absolute Gasteiger partial charge is 0.490 e. The third-order valence-corrected chi connectivity index (χ3v) is 3.16. The number of rotatable bonds is 5. The Kier molecular flexibility index (Phi) is 4.95. The lowest BCUT2D eigenvalue weighted by molar-refractivity contribution is 0.0958. The summed E-state index contributed by atoms with van der Waals surface area (Å²) in [7, 11) is 0. The number of amides is 1. The van der Waals surface area contributed by atoms with Crippen molar-refractivity contribution in [2.75, 3.05) is 6.61 Å². The summed E-state index contributed by atoms with van der Waals surface area (Å²) in [6.07, 6.45) is -1.42. The van der Waals surface area contributed by atoms with Crippen molar-refractivity contribution in [3.05, 3.63) is 64.2 Å². The SMILES string of the molecule is NC(=O)c1ccc(Cl)cc1OCC(O)c1cc(F)ccc1F. The molecular formula is C15H12ClF2NO3. The van der Waals surface area contributed by atoms with Gasteiger partial charge in [0, 0.05) is 10.6 Å². The van der Waals surface area contributed by atoms with Crippen molar-refractivity contribution in [2.45, 2.75) is 6.10 Å². The highest BCUT2D eigenvalue weighted by Gasteiger charge is 2.17. The number of halogens is 3. The molecule has 22 heavy (non-hydrogen) atoms. The summed E-state index contributed by atoms with van der Waals surface area (Å²) < 4.78 is 31.9. The van der Waals surface area contributed by atoms with E-state index in [1.54, 1.807) is 0 Å². The van der Waals surface area contributed by atoms with Crippen LogP contribution < -0.4 is 10.5 Å². The molecule has 2 aromatic rings. The van der Waals surface area contributed by atoms with Gasteiger partial charge in [-0.1, -0.05) is 11.6 Å². The highest BCUT2D eigenvalue weighted by molar-refractivity contribution is 6.30. The molecule has 0 aliphatic rings. The lowest BCUT2D eigenvalue weighted by atomic mass is 10.1. The molecule has 1 unspecified atom stereocenters. The second-order valence-corrected chi connectivity index (χ2v) is 4.93. The summed E-state index contributed by atoms with van der Waals surface area (Å²) in [5.74, 6) is -2.14. The summed E-state index contributed by atoms with van der Waals surface area (Å²) in [6, 6.07) is 6.88. The maximum absolute atomic E-state index is 13.5. The van der Waals surface area contributed by atoms with Gasteiger partial charge in [0.2, 0.25) is 0 Å². The quantitative estimate of drug-likeness (QED) is 0.887. The van der Waals surface area contributed by atoms with Gasteiger partial charge in [-0.15, -0.1) is 0 Å². The van der Waals surface area contributed by atoms with Crippen LogP contribution in [0.3, 0.4) is 0 Å². The Morgan fingerprint density at radius 1 is 1.27 bits per heavy atom. The smallest absolute Gasteiger partial charge is 0.252 e. The molecule has 2 aromatic carbocycles. The van der Waals surface area contributed by atoms with E-state index >= 15 is 0 Å². The monoisotopic (exact) mass is 327 g/mol. The van der Waals surface area contributed by atoms with Crippen molar-refractivity contribution in [3.8, 4) is 5.75 Å². The summed E-state index contributed by atoms with van der Waals surface area (Å²) in [5.41, 5.74) is 5.01. The average Bonchev–Trinajstić information content (AvgIpc) is 2.47. The number of aliphatic hydroxyl groups is 1. The second kappa shape index (κ2) is 6.72. The van der Waals surface area contributed by atoms with Crippen molar-refractivity contribution >= 4 is 17.5 Å². The zero-order valence-electron chi connectivity index (χ0n) is 11.2. The number of hydrogen-bond acceptors (Lipinski definition) is 3. The first-order chi connectivity index (χ1) is 10.4. The Bertz CT molecular complexity index is 709. The molecule has 1 atom stereocenters. The van der Waals surface area contributed by atoms with E-state index < -0.39 is 30.3 Å². The number of nitrogens with two attached hydrogens (primary N) is 1. The van der Waals surface area contributed by atoms with Crippen LogP contribution in [0.25, 0.3) is 0 Å². The lowest BCUT2D eigenvalue weighted by Crippen LogP contribution is -2.16. The van der Waals surface area contributed by atoms with Gasteiger partial charge in [0.15, 0.2) is 0 Å². The topological polar surface area (TPSA) is 72.6 Å². The molecule has 0 saturated heterocycles. The molecule has 0 fully saturated rings. The predicted octanol–water partition coefficient (Wildman–Crippen LogP) is 2.83. The van der Waals surface area contributed by atoms with E-state index in [1.807, 2.05) is 0 Å². The number of aliphatic hydroxyl groups excluding tert-OH is 1. The standard InChI is InChI=1S/C15H12ClF2NO3/c16-8-1-3-10(15(19)21)14(5-8)22-7-13(20)11-6-9(17)2-4-12(11)18/h1-6,13,20H,7H2,(H2,19,21). The van der Waals surface area contributed by atoms with E-state index in [-0.39, 0.29) is 16.9 Å². The highest BCUT2D eigenvalue weighted by Crippen LogP contribution is 2.25. The minimum absolute atomic E-state index is 0.0517. The van der Waals surface area contributed by atoms with Gasteiger partial charge >= 0.3 is 0 Å². The molecule has 0 bridgehead atoms. The number of ether oxygens (including phenoxy) is 1. The molecule has 0 saturated carbocycles. The minimum Gasteiger partial charge on any atom is -0.490 e. The maximum Gasteiger partial charge on any atom is 0.252 e. The normalized spacial score (nSPS) is 12.0. The Hall–Kier alpha value is -2.18. The fourth-order valence-electron chi connectivity index (χ4n) is 1.85. The van der Waals surface area contributed by atoms with E-state index in [4.69, 9.17) is 22.1 Å². The van der Waals surface area contributed by atoms with Gasteiger partial charge in [0.1, 0.15) is 30.1 Å². The highest BCUT2D eigenvalue weighted by atomic mass is 35.5. The molecule has 1 amide bonds. The van der Waals surface area contributed by atoms with Gasteiger partial charge in [-0.25, -0.2) is 8.78 Å². The number of carbonyl (C=O) groups excluding carboxylic acids is 1. The molecule has 0 heterocycles. The van der Waals surface area contributed by atoms with Crippen molar-refractivity contribution in [1.82, 2.24) is 0 Å². The average molecular weight is 328 g/mol. The second-order valence-electron chi connectivity index (χ2n) is 4.50. The zero-order chi connectivity index (χ0) is 16.3. The van der Waals surface area contributed by atoms with Gasteiger partial charge in [0.05, 0.1) is 5.56 Å². The molecule has 2 rings (SSSR count). The van der Waals surface area contributed by atoms with E-state index in [0.717, 1.165) is 18.2 Å². The van der Waals surface area contributed by atoms with E-state index in [0.29, 0.717) is 5.02 Å². The Morgan fingerprint density at radius 2 is 2.00 bits per heavy atom. The van der Waals surface area contributed by atoms with E-state index in [1.165, 1.54) is 18.2 Å². The first-order valence-corrected chi connectivity index (χ1v) is 6.61. The van der Waals surface area contributed by atoms with Crippen molar-refractivity contribution in [2.24, 2.45) is 5.73 Å². The minimum atomic E-state index is -1.42. The Morgan fingerprint density at radius 3 is 2.68 bits per heavy atom. The third-order valence-electron chi connectivity index (χ3n) is 2.92. The first kappa shape index (κ1) is 16.2. The van der Waals surface area contributed by atoms with Crippen LogP contribution in [0.1, 0.15) is 22.0 Å². The van der Waals surface area contributed by atoms with Gasteiger partial charge in [-0.3, -0.25) is 4.79 Å². The number of carbonyl (C=O) groups is 1. The summed E-state index contributed by atoms with van der Waals surface area (Å²) >= 11 is 5.80. The molecule has 7 heteroatoms. The Balaban J connectivity index is 2.17. The van der Waals surface area contributed by atoms with Crippen LogP contribution in [0.4, 0.5) is 8.78 Å². The van der Waals surface area contributed by atoms with Gasteiger partial charge in [-0.2, -0.15) is 0 Å². The molecule has 0 aromatic heterocycles. The van der Waals surface area contributed by atoms with Crippen LogP contribution >= 0.6 is 11.6 Å². The van der Waals surface area contributed by atoms with Crippen molar-refractivity contribution in [3.63, 3.8) is 0 Å². The van der Waals surface area contributed by atoms with Crippen LogP contribution in [0, 0.1) is 11.6 Å². The Labute approximate surface area is 130 Å². The van der Waals surface area contributed by atoms with Crippen molar-refractivity contribution < 1.29 is 23.4 Å². The predicted molar refractivity (Wildman–Crippen MR) is 76.8 cm³/mol. The number of benzene rings is 2. The van der Waals surface area contributed by atoms with E-state index in [2.05, 4.69) is 0 Å². The molecule has 0 aliphatic carbocycles. The molecule has 0 radical (unpaired) electrons. The fourth-order valence-corrected chi connectivity index (χ4v) is 2.01. The van der Waals surface area contributed by atoms with Crippen molar-refractivity contribution in [1.29, 1.82) is 0 Å². The van der Waals surface area contributed by atoms with Crippen LogP contribution in [-0.2, 0) is 0 Å². The van der Waals surface area contributed by atoms with Crippen LogP contribution in [0.5, 0.6) is 5.75 Å². The number of primary amides is 1. The maximum atomic E-state index is 13.5. The molecule has 3 N–H and O–H groups in total. The van der Waals surface area contributed by atoms with Crippen LogP contribution in [0.2, 0.25) is 5.02 Å². The van der Waals surface area contributed by atoms with Gasteiger partial charge in [0.25, 0.3) is 5.91 Å². The first-order valence-electron chi connectivity index (χ1n) is 6.23. The molecular weight excluding hydrogens is 316 g/mol. The van der Waals surface area contributed by atoms with Crippen LogP contribution in [-0.4, -0.2) is 17.6 Å². The van der Waals surface area contributed by atoms with Gasteiger partial charge < -0.3 is 15.6 Å². The van der Waals surface area contributed by atoms with E-state index in [9.17, 15) is 18.7 Å². The summed E-state index contributed by atoms with van der Waals surface area (Å²) in [4.78, 5) is 11.3. The van der Waals surface area contributed by atoms with Gasteiger partial charge in [-0.05, 0) is 36.4 Å². The zero-order valence-corrected chi connectivity index (χ0v) is 12.0. The van der Waals surface area contributed by atoms with Crippen LogP contribution in [0.15, 0.2) is 36.4 Å². The third kappa shape index (κ3) is 3.72.